The van der Waals surface area contributed by atoms with Crippen molar-refractivity contribution < 1.29 is 0 Å². The van der Waals surface area contributed by atoms with Gasteiger partial charge in [-0.05, 0) is 48.9 Å². The molecule has 1 unspecified atom stereocenters. The third kappa shape index (κ3) is 2.71. The minimum Gasteiger partial charge on any atom is -0.363 e. The Morgan fingerprint density at radius 1 is 1.26 bits per heavy atom. The lowest BCUT2D eigenvalue weighted by Gasteiger charge is -2.26. The van der Waals surface area contributed by atoms with Gasteiger partial charge < -0.3 is 5.32 Å². The van der Waals surface area contributed by atoms with E-state index in [2.05, 4.69) is 39.6 Å². The molecule has 0 spiro atoms. The summed E-state index contributed by atoms with van der Waals surface area (Å²) < 4.78 is 0. The van der Waals surface area contributed by atoms with Gasteiger partial charge in [0.1, 0.15) is 5.82 Å². The van der Waals surface area contributed by atoms with Crippen molar-refractivity contribution >= 4 is 17.4 Å². The Balaban J connectivity index is 1.88. The van der Waals surface area contributed by atoms with E-state index in [1.165, 1.54) is 17.5 Å². The second-order valence-electron chi connectivity index (χ2n) is 4.95. The van der Waals surface area contributed by atoms with Crippen molar-refractivity contribution in [2.75, 3.05) is 5.32 Å². The van der Waals surface area contributed by atoms with Crippen molar-refractivity contribution in [2.24, 2.45) is 0 Å². The van der Waals surface area contributed by atoms with E-state index >= 15 is 0 Å². The van der Waals surface area contributed by atoms with Gasteiger partial charge in [0.15, 0.2) is 0 Å². The monoisotopic (exact) mass is 273 g/mol. The van der Waals surface area contributed by atoms with Crippen molar-refractivity contribution in [2.45, 2.75) is 32.2 Å². The first-order chi connectivity index (χ1) is 9.22. The summed E-state index contributed by atoms with van der Waals surface area (Å²) in [7, 11) is 0. The van der Waals surface area contributed by atoms with Gasteiger partial charge in [0.2, 0.25) is 5.28 Å². The van der Waals surface area contributed by atoms with Crippen molar-refractivity contribution in [3.63, 3.8) is 0 Å². The molecule has 0 radical (unpaired) electrons. The first kappa shape index (κ1) is 12.4. The summed E-state index contributed by atoms with van der Waals surface area (Å²) in [4.78, 5) is 8.33. The molecule has 1 aromatic carbocycles. The molecule has 1 aliphatic carbocycles. The number of nitrogens with one attached hydrogen (secondary N) is 1. The molecule has 0 saturated heterocycles. The Morgan fingerprint density at radius 2 is 2.11 bits per heavy atom. The molecule has 0 aliphatic heterocycles. The van der Waals surface area contributed by atoms with E-state index in [0.29, 0.717) is 11.3 Å². The Hall–Kier alpha value is -1.61. The fourth-order valence-corrected chi connectivity index (χ4v) is 2.91. The highest BCUT2D eigenvalue weighted by molar-refractivity contribution is 6.28. The zero-order valence-corrected chi connectivity index (χ0v) is 11.6. The molecule has 1 aliphatic rings. The van der Waals surface area contributed by atoms with E-state index in [-0.39, 0.29) is 0 Å². The van der Waals surface area contributed by atoms with Gasteiger partial charge in [-0.2, -0.15) is 0 Å². The van der Waals surface area contributed by atoms with E-state index < -0.39 is 0 Å². The molecule has 2 aromatic rings. The summed E-state index contributed by atoms with van der Waals surface area (Å²) in [5, 5.41) is 3.78. The summed E-state index contributed by atoms with van der Waals surface area (Å²) in [6, 6.07) is 10.9. The van der Waals surface area contributed by atoms with Crippen molar-refractivity contribution in [3.8, 4) is 0 Å². The van der Waals surface area contributed by atoms with Gasteiger partial charge in [-0.1, -0.05) is 24.3 Å². The standard InChI is InChI=1S/C15H16ClN3/c1-10-9-14(19-15(16)17-10)18-13-8-4-6-11-5-2-3-7-12(11)13/h2-3,5,7,9,13H,4,6,8H2,1H3,(H,17,18,19). The molecule has 1 atom stereocenters. The quantitative estimate of drug-likeness (QED) is 0.843. The third-order valence-electron chi connectivity index (χ3n) is 3.52. The second kappa shape index (κ2) is 5.17. The van der Waals surface area contributed by atoms with Crippen LogP contribution in [0.1, 0.15) is 35.7 Å². The van der Waals surface area contributed by atoms with Gasteiger partial charge in [-0.25, -0.2) is 9.97 Å². The Morgan fingerprint density at radius 3 is 2.95 bits per heavy atom. The van der Waals surface area contributed by atoms with Crippen LogP contribution in [0, 0.1) is 6.92 Å². The molecule has 4 heteroatoms. The van der Waals surface area contributed by atoms with Crippen LogP contribution in [0.15, 0.2) is 30.3 Å². The number of nitrogens with zero attached hydrogens (tertiary/aromatic N) is 2. The van der Waals surface area contributed by atoms with Crippen LogP contribution in [-0.2, 0) is 6.42 Å². The predicted octanol–water partition coefficient (Wildman–Crippen LogP) is 3.93. The van der Waals surface area contributed by atoms with E-state index in [4.69, 9.17) is 11.6 Å². The van der Waals surface area contributed by atoms with Crippen LogP contribution in [0.3, 0.4) is 0 Å². The molecular formula is C15H16ClN3. The van der Waals surface area contributed by atoms with E-state index in [9.17, 15) is 0 Å². The predicted molar refractivity (Wildman–Crippen MR) is 77.5 cm³/mol. The number of rotatable bonds is 2. The average molecular weight is 274 g/mol. The maximum atomic E-state index is 5.91. The highest BCUT2D eigenvalue weighted by Gasteiger charge is 2.19. The normalized spacial score (nSPS) is 17.9. The van der Waals surface area contributed by atoms with Gasteiger partial charge in [0.05, 0.1) is 6.04 Å². The second-order valence-corrected chi connectivity index (χ2v) is 5.29. The SMILES string of the molecule is Cc1cc(NC2CCCc3ccccc32)nc(Cl)n1. The minimum absolute atomic E-state index is 0.298. The van der Waals surface area contributed by atoms with Crippen LogP contribution in [-0.4, -0.2) is 9.97 Å². The number of hydrogen-bond donors (Lipinski definition) is 1. The van der Waals surface area contributed by atoms with Crippen LogP contribution in [0.25, 0.3) is 0 Å². The van der Waals surface area contributed by atoms with E-state index in [0.717, 1.165) is 24.4 Å². The molecule has 0 fully saturated rings. The molecule has 98 valence electrons. The largest absolute Gasteiger partial charge is 0.363 e. The smallest absolute Gasteiger partial charge is 0.224 e. The first-order valence-electron chi connectivity index (χ1n) is 6.58. The lowest BCUT2D eigenvalue weighted by molar-refractivity contribution is 0.598. The summed E-state index contributed by atoms with van der Waals surface area (Å²) >= 11 is 5.91. The topological polar surface area (TPSA) is 37.8 Å². The molecule has 3 nitrogen and oxygen atoms in total. The van der Waals surface area contributed by atoms with Crippen LogP contribution >= 0.6 is 11.6 Å². The summed E-state index contributed by atoms with van der Waals surface area (Å²) in [6.45, 7) is 1.92. The fourth-order valence-electron chi connectivity index (χ4n) is 2.69. The lowest BCUT2D eigenvalue weighted by atomic mass is 9.88. The van der Waals surface area contributed by atoms with E-state index in [1.807, 2.05) is 13.0 Å². The van der Waals surface area contributed by atoms with Crippen molar-refractivity contribution in [1.29, 1.82) is 0 Å². The molecule has 0 bridgehead atoms. The Labute approximate surface area is 118 Å². The maximum absolute atomic E-state index is 5.91. The number of halogens is 1. The van der Waals surface area contributed by atoms with Gasteiger partial charge in [-0.3, -0.25) is 0 Å². The zero-order valence-electron chi connectivity index (χ0n) is 10.9. The highest BCUT2D eigenvalue weighted by atomic mass is 35.5. The van der Waals surface area contributed by atoms with Gasteiger partial charge >= 0.3 is 0 Å². The van der Waals surface area contributed by atoms with Crippen molar-refractivity contribution in [1.82, 2.24) is 9.97 Å². The molecule has 3 rings (SSSR count). The van der Waals surface area contributed by atoms with Crippen LogP contribution < -0.4 is 5.32 Å². The third-order valence-corrected chi connectivity index (χ3v) is 3.69. The first-order valence-corrected chi connectivity index (χ1v) is 6.96. The number of anilines is 1. The number of hydrogen-bond acceptors (Lipinski definition) is 3. The Bertz CT molecular complexity index is 577. The Kier molecular flexibility index (Phi) is 3.38. The van der Waals surface area contributed by atoms with Crippen molar-refractivity contribution in [3.05, 3.63) is 52.4 Å². The number of benzene rings is 1. The summed E-state index contributed by atoms with van der Waals surface area (Å²) in [5.41, 5.74) is 3.69. The summed E-state index contributed by atoms with van der Waals surface area (Å²) in [6.07, 6.45) is 3.49. The van der Waals surface area contributed by atoms with Gasteiger partial charge in [-0.15, -0.1) is 0 Å². The van der Waals surface area contributed by atoms with E-state index in [1.54, 1.807) is 0 Å². The molecule has 0 saturated carbocycles. The summed E-state index contributed by atoms with van der Waals surface area (Å²) in [5.74, 6) is 0.805. The number of fused-ring (bicyclic) bond motifs is 1. The van der Waals surface area contributed by atoms with Crippen LogP contribution in [0.2, 0.25) is 5.28 Å². The average Bonchev–Trinajstić information content (AvgIpc) is 2.38. The lowest BCUT2D eigenvalue weighted by Crippen LogP contribution is -2.18. The molecule has 1 N–H and O–H groups in total. The molecule has 0 amide bonds. The van der Waals surface area contributed by atoms with Crippen LogP contribution in [0.4, 0.5) is 5.82 Å². The fraction of sp³-hybridized carbons (Fsp3) is 0.333. The zero-order chi connectivity index (χ0) is 13.2. The highest BCUT2D eigenvalue weighted by Crippen LogP contribution is 2.32. The molecule has 1 heterocycles. The molecule has 19 heavy (non-hydrogen) atoms. The molecular weight excluding hydrogens is 258 g/mol. The number of aromatic nitrogens is 2. The molecule has 1 aromatic heterocycles. The minimum atomic E-state index is 0.298. The van der Waals surface area contributed by atoms with Gasteiger partial charge in [0.25, 0.3) is 0 Å². The maximum Gasteiger partial charge on any atom is 0.224 e. The number of aryl methyl sites for hydroxylation is 2. The van der Waals surface area contributed by atoms with Crippen LogP contribution in [0.5, 0.6) is 0 Å². The van der Waals surface area contributed by atoms with Gasteiger partial charge in [0, 0.05) is 11.8 Å².